The van der Waals surface area contributed by atoms with E-state index >= 15 is 0 Å². The van der Waals surface area contributed by atoms with Gasteiger partial charge in [0.25, 0.3) is 5.91 Å². The van der Waals surface area contributed by atoms with Crippen molar-refractivity contribution in [2.45, 2.75) is 6.92 Å². The smallest absolute Gasteiger partial charge is 0.272 e. The molecular weight excluding hydrogens is 340 g/mol. The number of carbonyl (C=O) groups excluding carboxylic acids is 2. The second-order valence-corrected chi connectivity index (χ2v) is 6.24. The Kier molecular flexibility index (Phi) is 5.19. The van der Waals surface area contributed by atoms with Gasteiger partial charge in [-0.2, -0.15) is 0 Å². The van der Waals surface area contributed by atoms with Crippen LogP contribution in [-0.2, 0) is 4.79 Å². The highest BCUT2D eigenvalue weighted by atomic mass is 35.5. The number of rotatable bonds is 3. The molecule has 25 heavy (non-hydrogen) atoms. The van der Waals surface area contributed by atoms with Crippen molar-refractivity contribution in [3.05, 3.63) is 53.3 Å². The van der Waals surface area contributed by atoms with E-state index in [1.54, 1.807) is 41.1 Å². The number of amides is 2. The van der Waals surface area contributed by atoms with Crippen LogP contribution >= 0.6 is 11.6 Å². The number of nitrogens with one attached hydrogen (secondary N) is 1. The normalized spacial score (nSPS) is 14.3. The topological polar surface area (TPSA) is 65.5 Å². The number of anilines is 2. The fraction of sp³-hybridized carbons (Fsp3) is 0.278. The summed E-state index contributed by atoms with van der Waals surface area (Å²) in [5.74, 6) is -0.0762. The maximum absolute atomic E-state index is 12.5. The van der Waals surface area contributed by atoms with Gasteiger partial charge in [0, 0.05) is 33.1 Å². The summed E-state index contributed by atoms with van der Waals surface area (Å²) in [6.07, 6.45) is 1.61. The number of piperazine rings is 1. The number of pyridine rings is 1. The van der Waals surface area contributed by atoms with Crippen LogP contribution in [0.5, 0.6) is 0 Å². The Labute approximate surface area is 151 Å². The summed E-state index contributed by atoms with van der Waals surface area (Å²) in [5.41, 5.74) is 1.93. The number of aromatic nitrogens is 1. The third kappa shape index (κ3) is 4.09. The number of halogens is 1. The Morgan fingerprint density at radius 2 is 1.72 bits per heavy atom. The zero-order valence-corrected chi connectivity index (χ0v) is 14.7. The molecule has 1 aliphatic rings. The highest BCUT2D eigenvalue weighted by molar-refractivity contribution is 6.33. The van der Waals surface area contributed by atoms with Gasteiger partial charge in [-0.25, -0.2) is 4.98 Å². The zero-order valence-electron chi connectivity index (χ0n) is 13.9. The summed E-state index contributed by atoms with van der Waals surface area (Å²) in [4.78, 5) is 31.6. The molecule has 2 aromatic rings. The fourth-order valence-corrected chi connectivity index (χ4v) is 2.88. The van der Waals surface area contributed by atoms with Crippen molar-refractivity contribution in [3.8, 4) is 0 Å². The molecule has 130 valence electrons. The SMILES string of the molecule is CC(=O)N1CCN(C(=O)c2ccc(Nc3ccccc3Cl)cn2)CC1. The van der Waals surface area contributed by atoms with Crippen LogP contribution in [0.4, 0.5) is 11.4 Å². The summed E-state index contributed by atoms with van der Waals surface area (Å²) in [5, 5.41) is 3.79. The molecular formula is C18H19ClN4O2. The number of hydrogen-bond donors (Lipinski definition) is 1. The van der Waals surface area contributed by atoms with Crippen molar-refractivity contribution in [2.75, 3.05) is 31.5 Å². The molecule has 0 spiro atoms. The predicted octanol–water partition coefficient (Wildman–Crippen LogP) is 2.78. The van der Waals surface area contributed by atoms with Gasteiger partial charge in [-0.1, -0.05) is 23.7 Å². The van der Waals surface area contributed by atoms with Gasteiger partial charge in [0.2, 0.25) is 5.91 Å². The number of benzene rings is 1. The van der Waals surface area contributed by atoms with Gasteiger partial charge in [0.05, 0.1) is 22.6 Å². The Morgan fingerprint density at radius 1 is 1.04 bits per heavy atom. The van der Waals surface area contributed by atoms with Crippen molar-refractivity contribution in [1.82, 2.24) is 14.8 Å². The van der Waals surface area contributed by atoms with E-state index in [-0.39, 0.29) is 11.8 Å². The third-order valence-electron chi connectivity index (χ3n) is 4.15. The first-order valence-electron chi connectivity index (χ1n) is 8.07. The van der Waals surface area contributed by atoms with E-state index in [0.717, 1.165) is 11.4 Å². The second-order valence-electron chi connectivity index (χ2n) is 5.84. The number of carbonyl (C=O) groups is 2. The molecule has 1 aliphatic heterocycles. The summed E-state index contributed by atoms with van der Waals surface area (Å²) in [6.45, 7) is 3.73. The molecule has 1 saturated heterocycles. The van der Waals surface area contributed by atoms with Gasteiger partial charge in [0.1, 0.15) is 5.69 Å². The van der Waals surface area contributed by atoms with Crippen LogP contribution in [0.25, 0.3) is 0 Å². The molecule has 2 amide bonds. The standard InChI is InChI=1S/C18H19ClN4O2/c1-13(24)22-8-10-23(11-9-22)18(25)17-7-6-14(12-20-17)21-16-5-3-2-4-15(16)19/h2-7,12,21H,8-11H2,1H3. The molecule has 0 saturated carbocycles. The van der Waals surface area contributed by atoms with Crippen LogP contribution in [0.15, 0.2) is 42.6 Å². The minimum atomic E-state index is -0.118. The van der Waals surface area contributed by atoms with E-state index in [4.69, 9.17) is 11.6 Å². The molecule has 0 unspecified atom stereocenters. The highest BCUT2D eigenvalue weighted by Crippen LogP contribution is 2.24. The lowest BCUT2D eigenvalue weighted by atomic mass is 10.2. The first-order valence-corrected chi connectivity index (χ1v) is 8.45. The minimum absolute atomic E-state index is 0.0419. The molecule has 1 aromatic heterocycles. The monoisotopic (exact) mass is 358 g/mol. The molecule has 3 rings (SSSR count). The quantitative estimate of drug-likeness (QED) is 0.916. The fourth-order valence-electron chi connectivity index (χ4n) is 2.70. The summed E-state index contributed by atoms with van der Waals surface area (Å²) in [7, 11) is 0. The van der Waals surface area contributed by atoms with Crippen LogP contribution in [0.2, 0.25) is 5.02 Å². The van der Waals surface area contributed by atoms with E-state index < -0.39 is 0 Å². The van der Waals surface area contributed by atoms with Gasteiger partial charge in [-0.3, -0.25) is 9.59 Å². The molecule has 1 N–H and O–H groups in total. The van der Waals surface area contributed by atoms with E-state index in [1.165, 1.54) is 0 Å². The molecule has 0 radical (unpaired) electrons. The van der Waals surface area contributed by atoms with Crippen LogP contribution in [0.1, 0.15) is 17.4 Å². The van der Waals surface area contributed by atoms with E-state index in [1.807, 2.05) is 18.2 Å². The van der Waals surface area contributed by atoms with Crippen LogP contribution in [-0.4, -0.2) is 52.8 Å². The molecule has 0 atom stereocenters. The predicted molar refractivity (Wildman–Crippen MR) is 97.1 cm³/mol. The molecule has 7 heteroatoms. The van der Waals surface area contributed by atoms with Crippen LogP contribution in [0, 0.1) is 0 Å². The maximum atomic E-state index is 12.5. The van der Waals surface area contributed by atoms with Crippen molar-refractivity contribution in [1.29, 1.82) is 0 Å². The third-order valence-corrected chi connectivity index (χ3v) is 4.48. The Morgan fingerprint density at radius 3 is 2.32 bits per heavy atom. The first-order chi connectivity index (χ1) is 12.0. The van der Waals surface area contributed by atoms with Gasteiger partial charge >= 0.3 is 0 Å². The Balaban J connectivity index is 1.63. The van der Waals surface area contributed by atoms with Gasteiger partial charge in [-0.15, -0.1) is 0 Å². The minimum Gasteiger partial charge on any atom is -0.353 e. The van der Waals surface area contributed by atoms with Crippen molar-refractivity contribution in [2.24, 2.45) is 0 Å². The molecule has 0 aliphatic carbocycles. The van der Waals surface area contributed by atoms with Gasteiger partial charge in [0.15, 0.2) is 0 Å². The van der Waals surface area contributed by atoms with E-state index in [2.05, 4.69) is 10.3 Å². The van der Waals surface area contributed by atoms with Gasteiger partial charge in [-0.05, 0) is 24.3 Å². The number of para-hydroxylation sites is 1. The summed E-state index contributed by atoms with van der Waals surface area (Å²) >= 11 is 6.12. The summed E-state index contributed by atoms with van der Waals surface area (Å²) < 4.78 is 0. The van der Waals surface area contributed by atoms with Crippen LogP contribution in [0.3, 0.4) is 0 Å². The van der Waals surface area contributed by atoms with Crippen molar-refractivity contribution < 1.29 is 9.59 Å². The lowest BCUT2D eigenvalue weighted by Crippen LogP contribution is -2.50. The maximum Gasteiger partial charge on any atom is 0.272 e. The second kappa shape index (κ2) is 7.53. The van der Waals surface area contributed by atoms with Crippen molar-refractivity contribution >= 4 is 34.8 Å². The number of hydrogen-bond acceptors (Lipinski definition) is 4. The average Bonchev–Trinajstić information content (AvgIpc) is 2.64. The highest BCUT2D eigenvalue weighted by Gasteiger charge is 2.23. The molecule has 1 aromatic carbocycles. The Bertz CT molecular complexity index is 771. The van der Waals surface area contributed by atoms with E-state index in [9.17, 15) is 9.59 Å². The van der Waals surface area contributed by atoms with Crippen molar-refractivity contribution in [3.63, 3.8) is 0 Å². The Hall–Kier alpha value is -2.60. The number of nitrogens with zero attached hydrogens (tertiary/aromatic N) is 3. The summed E-state index contributed by atoms with van der Waals surface area (Å²) in [6, 6.07) is 10.9. The molecule has 0 bridgehead atoms. The molecule has 2 heterocycles. The molecule has 1 fully saturated rings. The molecule has 6 nitrogen and oxygen atoms in total. The zero-order chi connectivity index (χ0) is 17.8. The van der Waals surface area contributed by atoms with E-state index in [0.29, 0.717) is 36.9 Å². The lowest BCUT2D eigenvalue weighted by Gasteiger charge is -2.34. The average molecular weight is 359 g/mol. The largest absolute Gasteiger partial charge is 0.353 e. The van der Waals surface area contributed by atoms with Gasteiger partial charge < -0.3 is 15.1 Å². The first kappa shape index (κ1) is 17.2. The van der Waals surface area contributed by atoms with Crippen LogP contribution < -0.4 is 5.32 Å². The lowest BCUT2D eigenvalue weighted by molar-refractivity contribution is -0.130.